The molecule has 0 unspecified atom stereocenters. The molecule has 0 aliphatic carbocycles. The Morgan fingerprint density at radius 2 is 1.29 bits per heavy atom. The molecule has 2 aromatic carbocycles. The molecule has 2 rings (SSSR count). The van der Waals surface area contributed by atoms with Crippen molar-refractivity contribution in [2.75, 3.05) is 0 Å². The molecule has 0 aliphatic rings. The lowest BCUT2D eigenvalue weighted by molar-refractivity contribution is 0.946. The van der Waals surface area contributed by atoms with Crippen molar-refractivity contribution >= 4 is 0 Å². The van der Waals surface area contributed by atoms with E-state index in [-0.39, 0.29) is 0 Å². The third-order valence-electron chi connectivity index (χ3n) is 3.18. The van der Waals surface area contributed by atoms with Crippen LogP contribution in [0.4, 0.5) is 0 Å². The Bertz CT molecular complexity index is 529. The molecular weight excluding hydrogens is 252 g/mol. The fourth-order valence-electron chi connectivity index (χ4n) is 1.97. The van der Waals surface area contributed by atoms with Crippen LogP contribution >= 0.6 is 0 Å². The first kappa shape index (κ1) is 17.2. The predicted octanol–water partition coefficient (Wildman–Crippen LogP) is 6.59. The molecule has 0 heterocycles. The largest absolute Gasteiger partial charge is 0.100 e. The second-order valence-corrected chi connectivity index (χ2v) is 5.73. The van der Waals surface area contributed by atoms with Gasteiger partial charge in [0.25, 0.3) is 0 Å². The maximum Gasteiger partial charge on any atom is -0.0184 e. The van der Waals surface area contributed by atoms with E-state index in [9.17, 15) is 0 Å². The molecular formula is C21H28. The van der Waals surface area contributed by atoms with E-state index in [0.717, 1.165) is 12.8 Å². The maximum absolute atomic E-state index is 3.94. The molecule has 0 bridgehead atoms. The van der Waals surface area contributed by atoms with Crippen LogP contribution in [0.5, 0.6) is 0 Å². The average molecular weight is 280 g/mol. The predicted molar refractivity (Wildman–Crippen MR) is 95.7 cm³/mol. The van der Waals surface area contributed by atoms with Crippen LogP contribution in [0.1, 0.15) is 44.7 Å². The van der Waals surface area contributed by atoms with Gasteiger partial charge in [-0.25, -0.2) is 0 Å². The molecule has 0 aliphatic heterocycles. The number of allylic oxidation sites excluding steroid dienone is 1. The van der Waals surface area contributed by atoms with Gasteiger partial charge in [-0.05, 0) is 43.4 Å². The van der Waals surface area contributed by atoms with Gasteiger partial charge in [0.1, 0.15) is 0 Å². The second kappa shape index (κ2) is 9.18. The Labute approximate surface area is 130 Å². The van der Waals surface area contributed by atoms with E-state index in [4.69, 9.17) is 0 Å². The van der Waals surface area contributed by atoms with Gasteiger partial charge in [-0.2, -0.15) is 0 Å². The van der Waals surface area contributed by atoms with Crippen molar-refractivity contribution in [1.82, 2.24) is 0 Å². The summed E-state index contributed by atoms with van der Waals surface area (Å²) in [5, 5.41) is 0. The molecule has 0 amide bonds. The molecule has 0 N–H and O–H groups in total. The standard InChI is InChI=1S/C18H20.C3H8/c1-14(2)4-7-16-8-12-18(13-9-16)17-10-5-15(3)6-11-17;1-3-2/h5-6,8-13H,1,4,7H2,2-3H3;3H2,1-2H3. The van der Waals surface area contributed by atoms with Gasteiger partial charge in [0.2, 0.25) is 0 Å². The van der Waals surface area contributed by atoms with E-state index in [1.54, 1.807) is 0 Å². The summed E-state index contributed by atoms with van der Waals surface area (Å²) >= 11 is 0. The van der Waals surface area contributed by atoms with E-state index in [1.165, 1.54) is 34.2 Å². The lowest BCUT2D eigenvalue weighted by Gasteiger charge is -2.05. The zero-order chi connectivity index (χ0) is 15.7. The van der Waals surface area contributed by atoms with Crippen molar-refractivity contribution in [1.29, 1.82) is 0 Å². The minimum Gasteiger partial charge on any atom is -0.100 e. The first-order valence-corrected chi connectivity index (χ1v) is 7.87. The van der Waals surface area contributed by atoms with Crippen LogP contribution < -0.4 is 0 Å². The summed E-state index contributed by atoms with van der Waals surface area (Å²) in [6.07, 6.45) is 3.41. The SMILES string of the molecule is C=C(C)CCc1ccc(-c2ccc(C)cc2)cc1.CCC. The molecule has 2 aromatic rings. The Morgan fingerprint density at radius 3 is 1.71 bits per heavy atom. The molecule has 0 spiro atoms. The fourth-order valence-corrected chi connectivity index (χ4v) is 1.97. The highest BCUT2D eigenvalue weighted by Crippen LogP contribution is 2.21. The second-order valence-electron chi connectivity index (χ2n) is 5.73. The van der Waals surface area contributed by atoms with Crippen molar-refractivity contribution in [3.8, 4) is 11.1 Å². The molecule has 112 valence electrons. The summed E-state index contributed by atoms with van der Waals surface area (Å²) in [7, 11) is 0. The first-order valence-electron chi connectivity index (χ1n) is 7.87. The molecule has 0 aromatic heterocycles. The van der Waals surface area contributed by atoms with Crippen molar-refractivity contribution in [3.63, 3.8) is 0 Å². The van der Waals surface area contributed by atoms with Gasteiger partial charge < -0.3 is 0 Å². The van der Waals surface area contributed by atoms with Crippen LogP contribution in [-0.2, 0) is 6.42 Å². The topological polar surface area (TPSA) is 0 Å². The molecule has 0 fully saturated rings. The van der Waals surface area contributed by atoms with E-state index in [1.807, 2.05) is 0 Å². The van der Waals surface area contributed by atoms with Crippen LogP contribution in [0.25, 0.3) is 11.1 Å². The molecule has 0 saturated carbocycles. The molecule has 0 heteroatoms. The van der Waals surface area contributed by atoms with Crippen LogP contribution in [-0.4, -0.2) is 0 Å². The minimum atomic E-state index is 1.07. The number of benzene rings is 2. The van der Waals surface area contributed by atoms with Crippen molar-refractivity contribution < 1.29 is 0 Å². The van der Waals surface area contributed by atoms with Crippen LogP contribution in [0, 0.1) is 6.92 Å². The highest BCUT2D eigenvalue weighted by molar-refractivity contribution is 5.63. The Balaban J connectivity index is 0.000000677. The van der Waals surface area contributed by atoms with Gasteiger partial charge >= 0.3 is 0 Å². The summed E-state index contributed by atoms with van der Waals surface area (Å²) in [6, 6.07) is 17.5. The van der Waals surface area contributed by atoms with Crippen LogP contribution in [0.2, 0.25) is 0 Å². The van der Waals surface area contributed by atoms with Gasteiger partial charge in [0.15, 0.2) is 0 Å². The van der Waals surface area contributed by atoms with Crippen molar-refractivity contribution in [2.24, 2.45) is 0 Å². The first-order chi connectivity index (χ1) is 10.1. The summed E-state index contributed by atoms with van der Waals surface area (Å²) in [5.74, 6) is 0. The van der Waals surface area contributed by atoms with Gasteiger partial charge in [0, 0.05) is 0 Å². The molecule has 0 saturated heterocycles. The minimum absolute atomic E-state index is 1.07. The smallest absolute Gasteiger partial charge is 0.0184 e. The van der Waals surface area contributed by atoms with E-state index in [0.29, 0.717) is 0 Å². The summed E-state index contributed by atoms with van der Waals surface area (Å²) in [6.45, 7) is 12.4. The summed E-state index contributed by atoms with van der Waals surface area (Å²) < 4.78 is 0. The van der Waals surface area contributed by atoms with E-state index < -0.39 is 0 Å². The Kier molecular flexibility index (Phi) is 7.53. The highest BCUT2D eigenvalue weighted by atomic mass is 14.0. The fraction of sp³-hybridized carbons (Fsp3) is 0.333. The molecule has 0 radical (unpaired) electrons. The quantitative estimate of drug-likeness (QED) is 0.554. The average Bonchev–Trinajstić information content (AvgIpc) is 2.47. The third kappa shape index (κ3) is 6.44. The Hall–Kier alpha value is -1.82. The normalized spacial score (nSPS) is 9.71. The van der Waals surface area contributed by atoms with Crippen LogP contribution in [0.3, 0.4) is 0 Å². The molecule has 0 atom stereocenters. The number of rotatable bonds is 4. The summed E-state index contributed by atoms with van der Waals surface area (Å²) in [4.78, 5) is 0. The van der Waals surface area contributed by atoms with Gasteiger partial charge in [0.05, 0.1) is 0 Å². The number of aryl methyl sites for hydroxylation is 2. The van der Waals surface area contributed by atoms with Gasteiger partial charge in [-0.3, -0.25) is 0 Å². The van der Waals surface area contributed by atoms with Crippen molar-refractivity contribution in [3.05, 3.63) is 71.8 Å². The van der Waals surface area contributed by atoms with E-state index in [2.05, 4.69) is 82.8 Å². The van der Waals surface area contributed by atoms with Crippen molar-refractivity contribution in [2.45, 2.75) is 47.0 Å². The van der Waals surface area contributed by atoms with Crippen LogP contribution in [0.15, 0.2) is 60.7 Å². The highest BCUT2D eigenvalue weighted by Gasteiger charge is 1.98. The zero-order valence-corrected chi connectivity index (χ0v) is 13.9. The zero-order valence-electron chi connectivity index (χ0n) is 13.9. The van der Waals surface area contributed by atoms with Gasteiger partial charge in [-0.1, -0.05) is 79.9 Å². The molecule has 21 heavy (non-hydrogen) atoms. The number of hydrogen-bond acceptors (Lipinski definition) is 0. The summed E-state index contributed by atoms with van der Waals surface area (Å²) in [5.41, 5.74) is 6.50. The lowest BCUT2D eigenvalue weighted by Crippen LogP contribution is -1.86. The van der Waals surface area contributed by atoms with E-state index >= 15 is 0 Å². The monoisotopic (exact) mass is 280 g/mol. The third-order valence-corrected chi connectivity index (χ3v) is 3.18. The lowest BCUT2D eigenvalue weighted by atomic mass is 10.0. The maximum atomic E-state index is 3.94. The van der Waals surface area contributed by atoms with Gasteiger partial charge in [-0.15, -0.1) is 6.58 Å². The molecule has 0 nitrogen and oxygen atoms in total. The number of hydrogen-bond donors (Lipinski definition) is 0. The Morgan fingerprint density at radius 1 is 0.857 bits per heavy atom.